The summed E-state index contributed by atoms with van der Waals surface area (Å²) in [5.74, 6) is -7.70. The predicted octanol–water partition coefficient (Wildman–Crippen LogP) is 10.4. The summed E-state index contributed by atoms with van der Waals surface area (Å²) in [6, 6.07) is 29.2. The van der Waals surface area contributed by atoms with Crippen LogP contribution in [0.5, 0.6) is 0 Å². The fraction of sp³-hybridized carbons (Fsp3) is 0.453. The number of aliphatic carboxylic acids is 3. The van der Waals surface area contributed by atoms with Gasteiger partial charge in [0.1, 0.15) is 24.4 Å². The molecule has 2 heterocycles. The van der Waals surface area contributed by atoms with E-state index in [-0.39, 0.29) is 113 Å². The standard InChI is InChI=1S/C75H94N6O17S3/c1-74(2)57-30-12-14-32-62(57)80(43-17-19-45-100(93,94)95)65(74)40-36-53-27-21-28-54(37-41-66-75(3,4)58-31-13-15-33-63(58)81(66)44-18-20-46-101(96,97)98)69(53)99-50-61(72(90)91)78-70(87)55(47-51-23-7-5-8-24-51)49-64(83)60(48-52-25-9-6-10-26-52)77-67(84)34-16-11-29-56(82)38-39-59(71(88)89)79-73(92)76-42-22-35-68(85)86/h5-10,12-15,23-26,30-33,36-37,40-41,55,59-61H,11,16-22,27-29,34-35,38-39,42-50H2,1-4H3,(H8-,76,77,78,79,84,85,86,87,88,89,90,91,92,93,94,95,96,97,98)/p+1/t55-,59+,60+,61-/m1/s1. The van der Waals surface area contributed by atoms with Gasteiger partial charge in [-0.05, 0) is 131 Å². The Kier molecular flexibility index (Phi) is 29.5. The second-order valence-electron chi connectivity index (χ2n) is 26.9. The van der Waals surface area contributed by atoms with Crippen molar-refractivity contribution in [1.82, 2.24) is 21.3 Å². The van der Waals surface area contributed by atoms with Gasteiger partial charge in [0.15, 0.2) is 11.5 Å². The van der Waals surface area contributed by atoms with Gasteiger partial charge >= 0.3 is 23.9 Å². The lowest BCUT2D eigenvalue weighted by molar-refractivity contribution is -0.438. The van der Waals surface area contributed by atoms with Crippen molar-refractivity contribution >= 4 is 96.4 Å². The van der Waals surface area contributed by atoms with E-state index in [0.717, 1.165) is 56.4 Å². The van der Waals surface area contributed by atoms with E-state index in [2.05, 4.69) is 94.9 Å². The topological polar surface area (TPSA) is 360 Å². The minimum atomic E-state index is -4.18. The van der Waals surface area contributed by atoms with E-state index >= 15 is 0 Å². The molecule has 544 valence electrons. The maximum absolute atomic E-state index is 14.9. The summed E-state index contributed by atoms with van der Waals surface area (Å²) in [5, 5.41) is 39.9. The number of carbonyl (C=O) groups is 8. The number of para-hydroxylation sites is 2. The molecule has 7 rings (SSSR count). The zero-order chi connectivity index (χ0) is 73.5. The molecule has 4 atom stereocenters. The number of ketones is 2. The molecule has 1 aliphatic carbocycles. The first-order valence-corrected chi connectivity index (χ1v) is 38.5. The molecule has 0 saturated carbocycles. The Morgan fingerprint density at radius 1 is 0.614 bits per heavy atom. The number of hydrogen-bond donors (Lipinski definition) is 9. The minimum absolute atomic E-state index is 0.00411. The Hall–Kier alpha value is -8.56. The number of benzene rings is 4. The zero-order valence-corrected chi connectivity index (χ0v) is 60.2. The number of carbonyl (C=O) groups excluding carboxylic acids is 5. The van der Waals surface area contributed by atoms with Gasteiger partial charge in [-0.3, -0.25) is 33.1 Å². The molecule has 2 aliphatic heterocycles. The molecule has 0 saturated heterocycles. The number of carboxylic acid groups (broad SMARTS) is 3. The molecule has 101 heavy (non-hydrogen) atoms. The lowest BCUT2D eigenvalue weighted by Crippen LogP contribution is -2.48. The lowest BCUT2D eigenvalue weighted by atomic mass is 9.81. The van der Waals surface area contributed by atoms with Crippen LogP contribution >= 0.6 is 11.8 Å². The highest BCUT2D eigenvalue weighted by Gasteiger charge is 2.44. The van der Waals surface area contributed by atoms with E-state index in [0.29, 0.717) is 49.9 Å². The SMILES string of the molecule is CC1(C)C(=CC=C2CCCC(C=CC3=[N+](CCCCS(=O)(=O)O)c4ccccc4C3(C)C)=C2SC[C@@H](NC(=O)[C@@H](CC(=O)[C@H](Cc2ccccc2)NC(=O)CCCCC(=O)CC[C@H](NC(=O)NCCCC(=O)O)C(=O)O)Cc2ccccc2)C(=O)O)N(CCCCS(=O)(=O)O)c2ccccc21. The van der Waals surface area contributed by atoms with Crippen molar-refractivity contribution in [3.8, 4) is 0 Å². The largest absolute Gasteiger partial charge is 0.481 e. The van der Waals surface area contributed by atoms with Crippen LogP contribution in [0.25, 0.3) is 0 Å². The monoisotopic (exact) mass is 1450 g/mol. The van der Waals surface area contributed by atoms with E-state index < -0.39 is 96.6 Å². The molecule has 0 radical (unpaired) electrons. The number of rotatable bonds is 41. The van der Waals surface area contributed by atoms with E-state index in [1.165, 1.54) is 11.8 Å². The molecule has 0 spiro atoms. The number of allylic oxidation sites excluding steroid dienone is 7. The first-order chi connectivity index (χ1) is 47.9. The third kappa shape index (κ3) is 24.3. The fourth-order valence-electron chi connectivity index (χ4n) is 13.1. The van der Waals surface area contributed by atoms with Crippen molar-refractivity contribution in [3.63, 3.8) is 0 Å². The Morgan fingerprint density at radius 3 is 1.88 bits per heavy atom. The number of fused-ring (bicyclic) bond motifs is 2. The number of anilines is 1. The van der Waals surface area contributed by atoms with Crippen molar-refractivity contribution < 1.29 is 84.2 Å². The number of nitrogens with one attached hydrogen (secondary N) is 4. The molecule has 0 bridgehead atoms. The van der Waals surface area contributed by atoms with Crippen molar-refractivity contribution in [2.24, 2.45) is 5.92 Å². The van der Waals surface area contributed by atoms with Crippen LogP contribution in [0, 0.1) is 5.92 Å². The molecule has 0 aromatic heterocycles. The van der Waals surface area contributed by atoms with Crippen molar-refractivity contribution in [3.05, 3.63) is 178 Å². The quantitative estimate of drug-likeness (QED) is 0.0113. The number of hydrogen-bond acceptors (Lipinski definition) is 14. The number of nitrogens with zero attached hydrogens (tertiary/aromatic N) is 2. The van der Waals surface area contributed by atoms with Crippen LogP contribution in [0.2, 0.25) is 0 Å². The number of unbranched alkanes of at least 4 members (excludes halogenated alkanes) is 3. The molecule has 9 N–H and O–H groups in total. The first kappa shape index (κ1) is 79.8. The molecule has 4 amide bonds. The van der Waals surface area contributed by atoms with Crippen LogP contribution in [-0.2, 0) is 77.5 Å². The van der Waals surface area contributed by atoms with Gasteiger partial charge in [0.2, 0.25) is 17.5 Å². The molecule has 0 fully saturated rings. The van der Waals surface area contributed by atoms with E-state index in [1.807, 2.05) is 36.4 Å². The highest BCUT2D eigenvalue weighted by Crippen LogP contribution is 2.49. The normalized spacial score (nSPS) is 16.9. The zero-order valence-electron chi connectivity index (χ0n) is 57.7. The summed E-state index contributed by atoms with van der Waals surface area (Å²) < 4.78 is 68.3. The van der Waals surface area contributed by atoms with Gasteiger partial charge in [-0.2, -0.15) is 21.4 Å². The fourth-order valence-corrected chi connectivity index (χ4v) is 15.5. The van der Waals surface area contributed by atoms with Crippen LogP contribution in [0.3, 0.4) is 0 Å². The second-order valence-corrected chi connectivity index (χ2v) is 31.1. The van der Waals surface area contributed by atoms with E-state index in [1.54, 1.807) is 60.7 Å². The highest BCUT2D eigenvalue weighted by molar-refractivity contribution is 8.03. The van der Waals surface area contributed by atoms with Crippen LogP contribution in [0.1, 0.15) is 153 Å². The summed E-state index contributed by atoms with van der Waals surface area (Å²) in [4.78, 5) is 108. The van der Waals surface area contributed by atoms with Crippen LogP contribution in [-0.4, -0.2) is 154 Å². The van der Waals surface area contributed by atoms with Crippen molar-refractivity contribution in [1.29, 1.82) is 0 Å². The maximum atomic E-state index is 14.9. The molecule has 4 aromatic carbocycles. The second kappa shape index (κ2) is 37.4. The summed E-state index contributed by atoms with van der Waals surface area (Å²) >= 11 is 1.29. The van der Waals surface area contributed by atoms with Gasteiger partial charge in [0.05, 0.1) is 23.0 Å². The Labute approximate surface area is 596 Å². The van der Waals surface area contributed by atoms with Gasteiger partial charge in [-0.1, -0.05) is 123 Å². The van der Waals surface area contributed by atoms with E-state index in [4.69, 9.17) is 5.11 Å². The molecule has 23 nitrogen and oxygen atoms in total. The van der Waals surface area contributed by atoms with Crippen LogP contribution in [0.4, 0.5) is 16.2 Å². The van der Waals surface area contributed by atoms with Gasteiger partial charge in [-0.15, -0.1) is 11.8 Å². The highest BCUT2D eigenvalue weighted by atomic mass is 32.2. The van der Waals surface area contributed by atoms with Gasteiger partial charge in [-0.25, -0.2) is 14.4 Å². The van der Waals surface area contributed by atoms with Gasteiger partial charge in [0, 0.05) is 103 Å². The van der Waals surface area contributed by atoms with Crippen LogP contribution in [0.15, 0.2) is 155 Å². The van der Waals surface area contributed by atoms with E-state index in [9.17, 15) is 74.5 Å². The Morgan fingerprint density at radius 2 is 1.23 bits per heavy atom. The average molecular weight is 1450 g/mol. The molecular weight excluding hydrogens is 1350 g/mol. The third-order valence-electron chi connectivity index (χ3n) is 18.5. The van der Waals surface area contributed by atoms with Gasteiger partial charge < -0.3 is 41.5 Å². The number of Topliss-reactive ketones (excluding diaryl/α,β-unsaturated/α-hetero) is 2. The minimum Gasteiger partial charge on any atom is -0.481 e. The smallest absolute Gasteiger partial charge is 0.327 e. The predicted molar refractivity (Wildman–Crippen MR) is 388 cm³/mol. The summed E-state index contributed by atoms with van der Waals surface area (Å²) in [6.07, 6.45) is 11.2. The lowest BCUT2D eigenvalue weighted by Gasteiger charge is -2.28. The molecular formula is C75H95N6O17S3+. The Balaban J connectivity index is 1.14. The Bertz CT molecular complexity index is 4040. The number of carboxylic acids is 3. The average Bonchev–Trinajstić information content (AvgIpc) is 1.60. The number of amides is 4. The van der Waals surface area contributed by atoms with Crippen LogP contribution < -0.4 is 26.2 Å². The summed E-state index contributed by atoms with van der Waals surface area (Å²) in [5.41, 5.74) is 8.16. The molecule has 4 aromatic rings. The van der Waals surface area contributed by atoms with Crippen molar-refractivity contribution in [2.75, 3.05) is 41.8 Å². The molecule has 3 aliphatic rings. The third-order valence-corrected chi connectivity index (χ3v) is 21.4. The van der Waals surface area contributed by atoms with Crippen molar-refractivity contribution in [2.45, 2.75) is 172 Å². The molecule has 0 unspecified atom stereocenters. The summed E-state index contributed by atoms with van der Waals surface area (Å²) in [6.45, 7) is 9.39. The van der Waals surface area contributed by atoms with Gasteiger partial charge in [0.25, 0.3) is 20.2 Å². The number of urea groups is 1. The number of thioether (sulfide) groups is 1. The molecule has 26 heteroatoms. The summed E-state index contributed by atoms with van der Waals surface area (Å²) in [7, 11) is -8.36. The maximum Gasteiger partial charge on any atom is 0.327 e. The first-order valence-electron chi connectivity index (χ1n) is 34.3.